The van der Waals surface area contributed by atoms with E-state index < -0.39 is 5.97 Å². The Hall–Kier alpha value is -2.80. The van der Waals surface area contributed by atoms with Gasteiger partial charge in [-0.1, -0.05) is 18.2 Å². The largest absolute Gasteiger partial charge is 0.497 e. The van der Waals surface area contributed by atoms with Gasteiger partial charge in [0, 0.05) is 23.3 Å². The van der Waals surface area contributed by atoms with Gasteiger partial charge in [0.05, 0.1) is 12.8 Å². The molecule has 26 heavy (non-hydrogen) atoms. The Morgan fingerprint density at radius 1 is 1.27 bits per heavy atom. The van der Waals surface area contributed by atoms with Crippen molar-refractivity contribution in [3.8, 4) is 5.75 Å². The first-order chi connectivity index (χ1) is 12.6. The van der Waals surface area contributed by atoms with Gasteiger partial charge in [-0.15, -0.1) is 11.3 Å². The lowest BCUT2D eigenvalue weighted by Gasteiger charge is -2.24. The van der Waals surface area contributed by atoms with Crippen molar-refractivity contribution in [2.24, 2.45) is 0 Å². The smallest absolute Gasteiger partial charge is 0.303 e. The van der Waals surface area contributed by atoms with Crippen molar-refractivity contribution in [3.63, 3.8) is 0 Å². The highest BCUT2D eigenvalue weighted by Crippen LogP contribution is 2.34. The number of thiophene rings is 1. The van der Waals surface area contributed by atoms with E-state index in [9.17, 15) is 9.59 Å². The van der Waals surface area contributed by atoms with Gasteiger partial charge in [0.1, 0.15) is 11.8 Å². The Bertz CT molecular complexity index is 817. The number of ether oxygens (including phenoxy) is 1. The molecule has 1 aliphatic rings. The number of amides is 1. The molecule has 2 aromatic rings. The van der Waals surface area contributed by atoms with Crippen molar-refractivity contribution in [2.45, 2.75) is 25.3 Å². The number of hydrazine groups is 1. The Balaban J connectivity index is 1.81. The van der Waals surface area contributed by atoms with E-state index in [1.54, 1.807) is 23.5 Å². The number of hydrogen-bond donors (Lipinski definition) is 2. The van der Waals surface area contributed by atoms with Crippen LogP contribution in [0.1, 0.15) is 35.7 Å². The fourth-order valence-electron chi connectivity index (χ4n) is 2.82. The molecular formula is C19H20N2O4S. The second-order valence-corrected chi connectivity index (χ2v) is 6.87. The topological polar surface area (TPSA) is 78.9 Å². The van der Waals surface area contributed by atoms with Crippen molar-refractivity contribution in [1.82, 2.24) is 10.4 Å². The summed E-state index contributed by atoms with van der Waals surface area (Å²) in [5.74, 6) is -0.278. The van der Waals surface area contributed by atoms with Crippen molar-refractivity contribution >= 4 is 28.9 Å². The molecule has 6 nitrogen and oxygen atoms in total. The maximum absolute atomic E-state index is 12.6. The Morgan fingerprint density at radius 2 is 2.12 bits per heavy atom. The molecule has 0 saturated carbocycles. The van der Waals surface area contributed by atoms with Gasteiger partial charge in [-0.25, -0.2) is 5.01 Å². The summed E-state index contributed by atoms with van der Waals surface area (Å²) in [6.45, 7) is 0. The van der Waals surface area contributed by atoms with E-state index in [1.807, 2.05) is 47.9 Å². The number of carbonyl (C=O) groups is 2. The third kappa shape index (κ3) is 4.05. The molecule has 0 radical (unpaired) electrons. The van der Waals surface area contributed by atoms with Crippen molar-refractivity contribution in [1.29, 1.82) is 0 Å². The number of benzene rings is 1. The highest BCUT2D eigenvalue weighted by atomic mass is 32.1. The van der Waals surface area contributed by atoms with Crippen molar-refractivity contribution in [2.75, 3.05) is 7.11 Å². The molecule has 136 valence electrons. The predicted molar refractivity (Wildman–Crippen MR) is 99.5 cm³/mol. The van der Waals surface area contributed by atoms with Crippen LogP contribution in [0.15, 0.2) is 47.9 Å². The number of carboxylic acids is 1. The third-order valence-corrected chi connectivity index (χ3v) is 5.05. The first-order valence-corrected chi connectivity index (χ1v) is 9.16. The van der Waals surface area contributed by atoms with Crippen LogP contribution in [0.2, 0.25) is 0 Å². The number of rotatable bonds is 7. The summed E-state index contributed by atoms with van der Waals surface area (Å²) in [6, 6.07) is 11.3. The summed E-state index contributed by atoms with van der Waals surface area (Å²) < 4.78 is 5.27. The standard InChI is InChI=1S/C19H20N2O4S/c1-25-14-6-2-5-13(11-14)15-12-16(17-7-4-10-26-17)21(20-15)18(22)8-3-9-19(23)24/h2,4-7,10-12,16,20H,3,8-9H2,1H3,(H,23,24)/t16-/m0/s1. The van der Waals surface area contributed by atoms with Crippen LogP contribution in [0.4, 0.5) is 0 Å². The first-order valence-electron chi connectivity index (χ1n) is 8.28. The number of hydrogen-bond acceptors (Lipinski definition) is 5. The van der Waals surface area contributed by atoms with Gasteiger partial charge < -0.3 is 9.84 Å². The highest BCUT2D eigenvalue weighted by Gasteiger charge is 2.31. The monoisotopic (exact) mass is 372 g/mol. The molecule has 1 amide bonds. The number of methoxy groups -OCH3 is 1. The minimum absolute atomic E-state index is 0.0145. The number of carbonyl (C=O) groups excluding carboxylic acids is 1. The van der Waals surface area contributed by atoms with E-state index in [2.05, 4.69) is 5.43 Å². The SMILES string of the molecule is COc1cccc(C2=C[C@@H](c3cccs3)N(C(=O)CCCC(=O)O)N2)c1. The predicted octanol–water partition coefficient (Wildman–Crippen LogP) is 3.44. The number of nitrogens with zero attached hydrogens (tertiary/aromatic N) is 1. The van der Waals surface area contributed by atoms with E-state index in [1.165, 1.54) is 0 Å². The molecule has 0 fully saturated rings. The Labute approximate surface area is 155 Å². The number of carboxylic acid groups (broad SMARTS) is 1. The second kappa shape index (κ2) is 8.05. The average molecular weight is 372 g/mol. The van der Waals surface area contributed by atoms with Gasteiger partial charge in [-0.05, 0) is 36.1 Å². The van der Waals surface area contributed by atoms with E-state index in [0.717, 1.165) is 21.9 Å². The van der Waals surface area contributed by atoms with Crippen LogP contribution in [0.25, 0.3) is 5.70 Å². The average Bonchev–Trinajstić information content (AvgIpc) is 3.30. The van der Waals surface area contributed by atoms with Crippen LogP contribution in [-0.2, 0) is 9.59 Å². The maximum atomic E-state index is 12.6. The molecule has 0 unspecified atom stereocenters. The minimum atomic E-state index is -0.891. The van der Waals surface area contributed by atoms with Crippen LogP contribution in [0, 0.1) is 0 Å². The summed E-state index contributed by atoms with van der Waals surface area (Å²) in [5.41, 5.74) is 4.93. The van der Waals surface area contributed by atoms with Gasteiger partial charge in [-0.2, -0.15) is 0 Å². The van der Waals surface area contributed by atoms with E-state index >= 15 is 0 Å². The molecule has 0 spiro atoms. The third-order valence-electron chi connectivity index (χ3n) is 4.11. The lowest BCUT2D eigenvalue weighted by atomic mass is 10.1. The van der Waals surface area contributed by atoms with Gasteiger partial charge in [0.2, 0.25) is 5.91 Å². The molecule has 0 aliphatic carbocycles. The normalized spacial score (nSPS) is 16.1. The molecule has 1 aromatic carbocycles. The summed E-state index contributed by atoms with van der Waals surface area (Å²) in [4.78, 5) is 24.4. The second-order valence-electron chi connectivity index (χ2n) is 5.90. The van der Waals surface area contributed by atoms with Crippen molar-refractivity contribution in [3.05, 3.63) is 58.3 Å². The van der Waals surface area contributed by atoms with Crippen LogP contribution >= 0.6 is 11.3 Å². The molecule has 1 aliphatic heterocycles. The van der Waals surface area contributed by atoms with Crippen LogP contribution in [0.5, 0.6) is 5.75 Å². The van der Waals surface area contributed by atoms with E-state index in [4.69, 9.17) is 9.84 Å². The molecule has 2 N–H and O–H groups in total. The van der Waals surface area contributed by atoms with Gasteiger partial charge in [-0.3, -0.25) is 15.0 Å². The zero-order valence-corrected chi connectivity index (χ0v) is 15.2. The van der Waals surface area contributed by atoms with E-state index in [-0.39, 0.29) is 24.8 Å². The van der Waals surface area contributed by atoms with Crippen molar-refractivity contribution < 1.29 is 19.4 Å². The van der Waals surface area contributed by atoms with Crippen LogP contribution < -0.4 is 10.2 Å². The summed E-state index contributed by atoms with van der Waals surface area (Å²) in [6.07, 6.45) is 2.49. The molecule has 3 rings (SSSR count). The molecule has 1 aromatic heterocycles. The maximum Gasteiger partial charge on any atom is 0.303 e. The molecule has 0 saturated heterocycles. The summed E-state index contributed by atoms with van der Waals surface area (Å²) in [7, 11) is 1.61. The fourth-order valence-corrected chi connectivity index (χ4v) is 3.60. The summed E-state index contributed by atoms with van der Waals surface area (Å²) in [5, 5.41) is 12.3. The quantitative estimate of drug-likeness (QED) is 0.778. The zero-order valence-electron chi connectivity index (χ0n) is 14.3. The molecule has 2 heterocycles. The number of nitrogens with one attached hydrogen (secondary N) is 1. The van der Waals surface area contributed by atoms with Gasteiger partial charge in [0.25, 0.3) is 0 Å². The minimum Gasteiger partial charge on any atom is -0.497 e. The van der Waals surface area contributed by atoms with Crippen LogP contribution in [-0.4, -0.2) is 29.1 Å². The lowest BCUT2D eigenvalue weighted by Crippen LogP contribution is -2.39. The fraction of sp³-hybridized carbons (Fsp3) is 0.263. The number of aliphatic carboxylic acids is 1. The molecule has 0 bridgehead atoms. The zero-order chi connectivity index (χ0) is 18.5. The van der Waals surface area contributed by atoms with Gasteiger partial charge >= 0.3 is 5.97 Å². The summed E-state index contributed by atoms with van der Waals surface area (Å²) >= 11 is 1.58. The van der Waals surface area contributed by atoms with Crippen LogP contribution in [0.3, 0.4) is 0 Å². The Kier molecular flexibility index (Phi) is 5.58. The highest BCUT2D eigenvalue weighted by molar-refractivity contribution is 7.10. The lowest BCUT2D eigenvalue weighted by molar-refractivity contribution is -0.137. The molecule has 1 atom stereocenters. The van der Waals surface area contributed by atoms with E-state index in [0.29, 0.717) is 6.42 Å². The molecular weight excluding hydrogens is 352 g/mol. The Morgan fingerprint density at radius 3 is 2.81 bits per heavy atom. The van der Waals surface area contributed by atoms with Gasteiger partial charge in [0.15, 0.2) is 0 Å². The first kappa shape index (κ1) is 18.0. The molecule has 7 heteroatoms.